The van der Waals surface area contributed by atoms with Gasteiger partial charge in [0.25, 0.3) is 0 Å². The van der Waals surface area contributed by atoms with Crippen LogP contribution in [0.1, 0.15) is 5.56 Å². The van der Waals surface area contributed by atoms with Crippen LogP contribution >= 0.6 is 7.75 Å². The Kier molecular flexibility index (Phi) is 4.70. The number of aliphatic hydroxyl groups excluding tert-OH is 2. The Morgan fingerprint density at radius 1 is 1.17 bits per heavy atom. The fraction of sp³-hybridized carbons (Fsp3) is 0.143. The number of phenolic OH excluding ortho intramolecular Hbond substituents is 1. The molecule has 0 fully saturated rings. The van der Waals surface area contributed by atoms with E-state index < -0.39 is 36.7 Å². The molecule has 1 unspecified atom stereocenters. The van der Waals surface area contributed by atoms with Crippen LogP contribution in [0, 0.1) is 5.92 Å². The number of hydrogen-bond acceptors (Lipinski definition) is 5. The minimum absolute atomic E-state index is 0.0413. The first kappa shape index (κ1) is 17.0. The van der Waals surface area contributed by atoms with Gasteiger partial charge in [0.2, 0.25) is 0 Å². The molecule has 1 aromatic carbocycles. The van der Waals surface area contributed by atoms with Crippen molar-refractivity contribution >= 4 is 19.2 Å². The van der Waals surface area contributed by atoms with Crippen LogP contribution in [-0.2, 0) is 15.8 Å². The maximum Gasteiger partial charge on any atom is 0.448 e. The maximum absolute atomic E-state index is 12.4. The van der Waals surface area contributed by atoms with E-state index in [0.29, 0.717) is 5.56 Å². The first-order valence-corrected chi connectivity index (χ1v) is 8.00. The number of nitrogens with zero attached hydrogens (tertiary/aromatic N) is 1. The normalized spacial score (nSPS) is 20.1. The number of carbonyl (C=O) groups excluding carboxylic acids is 1. The van der Waals surface area contributed by atoms with Gasteiger partial charge in [-0.15, -0.1) is 0 Å². The zero-order valence-electron chi connectivity index (χ0n) is 11.7. The summed E-state index contributed by atoms with van der Waals surface area (Å²) in [4.78, 5) is 30.2. The van der Waals surface area contributed by atoms with Gasteiger partial charge < -0.3 is 25.1 Å². The van der Waals surface area contributed by atoms with Gasteiger partial charge in [0, 0.05) is 18.6 Å². The molecule has 2 rings (SSSR count). The first-order chi connectivity index (χ1) is 10.7. The van der Waals surface area contributed by atoms with Crippen molar-refractivity contribution in [2.24, 2.45) is 10.7 Å². The Morgan fingerprint density at radius 3 is 2.48 bits per heavy atom. The summed E-state index contributed by atoms with van der Waals surface area (Å²) in [5, 5.41) is 28.7. The summed E-state index contributed by atoms with van der Waals surface area (Å²) < 4.78 is 14.1. The SMILES string of the molecule is O=C(Cc1cccc(O)c1)C1C(O)=CC(O)=CC1=NP(=O)(O)O. The summed E-state index contributed by atoms with van der Waals surface area (Å²) in [5.74, 6) is -3.08. The Labute approximate surface area is 131 Å². The Hall–Kier alpha value is -2.41. The fourth-order valence-corrected chi connectivity index (χ4v) is 2.67. The highest BCUT2D eigenvalue weighted by Crippen LogP contribution is 2.38. The lowest BCUT2D eigenvalue weighted by Crippen LogP contribution is -2.29. The van der Waals surface area contributed by atoms with E-state index in [1.165, 1.54) is 18.2 Å². The van der Waals surface area contributed by atoms with Crippen LogP contribution in [0.5, 0.6) is 5.75 Å². The first-order valence-electron chi connectivity index (χ1n) is 6.43. The van der Waals surface area contributed by atoms with Crippen molar-refractivity contribution in [3.63, 3.8) is 0 Å². The van der Waals surface area contributed by atoms with Gasteiger partial charge in [-0.1, -0.05) is 12.1 Å². The highest BCUT2D eigenvalue weighted by Gasteiger charge is 2.32. The lowest BCUT2D eigenvalue weighted by atomic mass is 9.88. The number of ketones is 1. The monoisotopic (exact) mass is 339 g/mol. The number of Topliss-reactive ketones (excluding diaryl/α,β-unsaturated/α-hetero) is 1. The van der Waals surface area contributed by atoms with Gasteiger partial charge in [-0.3, -0.25) is 4.79 Å². The van der Waals surface area contributed by atoms with Gasteiger partial charge in [0.15, 0.2) is 5.78 Å². The zero-order valence-corrected chi connectivity index (χ0v) is 12.6. The fourth-order valence-electron chi connectivity index (χ4n) is 2.20. The quantitative estimate of drug-likeness (QED) is 0.523. The van der Waals surface area contributed by atoms with Crippen molar-refractivity contribution in [3.05, 3.63) is 53.5 Å². The van der Waals surface area contributed by atoms with Crippen LogP contribution in [0.2, 0.25) is 0 Å². The van der Waals surface area contributed by atoms with Crippen LogP contribution in [0.4, 0.5) is 0 Å². The molecule has 8 nitrogen and oxygen atoms in total. The summed E-state index contributed by atoms with van der Waals surface area (Å²) in [6, 6.07) is 5.89. The van der Waals surface area contributed by atoms with Gasteiger partial charge in [0.05, 0.1) is 5.71 Å². The van der Waals surface area contributed by atoms with Crippen molar-refractivity contribution in [2.75, 3.05) is 0 Å². The molecular formula is C14H14NO7P. The van der Waals surface area contributed by atoms with Gasteiger partial charge in [-0.25, -0.2) is 4.57 Å². The van der Waals surface area contributed by atoms with Crippen LogP contribution in [0.3, 0.4) is 0 Å². The number of phenols is 1. The average Bonchev–Trinajstić information content (AvgIpc) is 2.35. The molecule has 1 atom stereocenters. The number of allylic oxidation sites excluding steroid dienone is 3. The van der Waals surface area contributed by atoms with Gasteiger partial charge >= 0.3 is 7.75 Å². The summed E-state index contributed by atoms with van der Waals surface area (Å²) in [5.41, 5.74) is 0.0260. The smallest absolute Gasteiger partial charge is 0.448 e. The minimum Gasteiger partial charge on any atom is -0.511 e. The highest BCUT2D eigenvalue weighted by molar-refractivity contribution is 7.50. The van der Waals surface area contributed by atoms with E-state index in [9.17, 15) is 24.7 Å². The molecule has 0 aliphatic heterocycles. The second-order valence-electron chi connectivity index (χ2n) is 4.92. The molecule has 122 valence electrons. The second kappa shape index (κ2) is 6.37. The second-order valence-corrected chi connectivity index (χ2v) is 6.15. The number of aromatic hydroxyl groups is 1. The molecule has 5 N–H and O–H groups in total. The maximum atomic E-state index is 12.4. The van der Waals surface area contributed by atoms with Gasteiger partial charge in [-0.2, -0.15) is 4.76 Å². The molecule has 0 saturated heterocycles. The third kappa shape index (κ3) is 4.53. The van der Waals surface area contributed by atoms with Crippen LogP contribution in [-0.4, -0.2) is 36.6 Å². The molecule has 1 aliphatic carbocycles. The topological polar surface area (TPSA) is 148 Å². The highest BCUT2D eigenvalue weighted by atomic mass is 31.2. The number of rotatable bonds is 4. The molecule has 0 spiro atoms. The Balaban J connectivity index is 2.34. The third-order valence-electron chi connectivity index (χ3n) is 3.04. The van der Waals surface area contributed by atoms with Gasteiger partial charge in [-0.05, 0) is 17.7 Å². The van der Waals surface area contributed by atoms with E-state index in [4.69, 9.17) is 9.79 Å². The van der Waals surface area contributed by atoms with Crippen molar-refractivity contribution in [3.8, 4) is 5.75 Å². The van der Waals surface area contributed by atoms with Crippen molar-refractivity contribution in [1.82, 2.24) is 0 Å². The molecule has 0 amide bonds. The van der Waals surface area contributed by atoms with E-state index in [2.05, 4.69) is 4.76 Å². The van der Waals surface area contributed by atoms with E-state index in [1.54, 1.807) is 6.07 Å². The third-order valence-corrected chi connectivity index (χ3v) is 3.53. The zero-order chi connectivity index (χ0) is 17.2. The number of aliphatic hydroxyl groups is 2. The summed E-state index contributed by atoms with van der Waals surface area (Å²) in [6.45, 7) is 0. The molecule has 1 aliphatic rings. The molecule has 0 bridgehead atoms. The van der Waals surface area contributed by atoms with Crippen molar-refractivity contribution in [2.45, 2.75) is 6.42 Å². The van der Waals surface area contributed by atoms with Crippen LogP contribution < -0.4 is 0 Å². The average molecular weight is 339 g/mol. The van der Waals surface area contributed by atoms with Gasteiger partial charge in [0.1, 0.15) is 23.2 Å². The predicted octanol–water partition coefficient (Wildman–Crippen LogP) is 1.55. The largest absolute Gasteiger partial charge is 0.511 e. The van der Waals surface area contributed by atoms with E-state index in [-0.39, 0.29) is 12.2 Å². The minimum atomic E-state index is -4.85. The lowest BCUT2D eigenvalue weighted by molar-refractivity contribution is -0.120. The molecule has 0 radical (unpaired) electrons. The van der Waals surface area contributed by atoms with Crippen molar-refractivity contribution in [1.29, 1.82) is 0 Å². The molecule has 23 heavy (non-hydrogen) atoms. The Bertz CT molecular complexity index is 775. The lowest BCUT2D eigenvalue weighted by Gasteiger charge is -2.19. The summed E-state index contributed by atoms with van der Waals surface area (Å²) in [7, 11) is -4.85. The number of carbonyl (C=O) groups is 1. The molecule has 1 aromatic rings. The molecule has 0 heterocycles. The molecule has 0 saturated carbocycles. The van der Waals surface area contributed by atoms with E-state index >= 15 is 0 Å². The predicted molar refractivity (Wildman–Crippen MR) is 81.2 cm³/mol. The molecule has 9 heteroatoms. The Morgan fingerprint density at radius 2 is 1.87 bits per heavy atom. The van der Waals surface area contributed by atoms with E-state index in [0.717, 1.165) is 12.2 Å². The van der Waals surface area contributed by atoms with E-state index in [1.807, 2.05) is 0 Å². The number of benzene rings is 1. The summed E-state index contributed by atoms with van der Waals surface area (Å²) >= 11 is 0. The number of hydrogen-bond donors (Lipinski definition) is 5. The molecule has 0 aromatic heterocycles. The standard InChI is InChI=1S/C14H14NO7P/c16-9-3-1-2-8(4-9)5-12(18)14-11(15-23(20,21)22)6-10(17)7-13(14)19/h1-4,6-7,14,16-17,19H,5H2,(H2,20,21,22). The summed E-state index contributed by atoms with van der Waals surface area (Å²) in [6.07, 6.45) is 1.61. The van der Waals surface area contributed by atoms with Crippen LogP contribution in [0.15, 0.2) is 52.7 Å². The molecular weight excluding hydrogens is 325 g/mol. The van der Waals surface area contributed by atoms with Crippen LogP contribution in [0.25, 0.3) is 0 Å². The van der Waals surface area contributed by atoms with Crippen molar-refractivity contribution < 1.29 is 34.5 Å².